The molecule has 0 saturated carbocycles. The summed E-state index contributed by atoms with van der Waals surface area (Å²) in [5.74, 6) is 0.0923. The molecule has 0 atom stereocenters. The first-order chi connectivity index (χ1) is 15.9. The van der Waals surface area contributed by atoms with Gasteiger partial charge in [-0.3, -0.25) is 14.7 Å². The van der Waals surface area contributed by atoms with Crippen LogP contribution in [0.2, 0.25) is 0 Å². The summed E-state index contributed by atoms with van der Waals surface area (Å²) in [4.78, 5) is 29.6. The van der Waals surface area contributed by atoms with Gasteiger partial charge >= 0.3 is 5.97 Å². The fraction of sp³-hybridized carbons (Fsp3) is 0.375. The number of nitrogens with two attached hydrogens (primary N) is 1. The lowest BCUT2D eigenvalue weighted by Gasteiger charge is -2.13. The minimum absolute atomic E-state index is 0.0533. The van der Waals surface area contributed by atoms with Crippen molar-refractivity contribution in [2.24, 2.45) is 5.73 Å². The molecule has 0 amide bonds. The molecule has 0 aliphatic carbocycles. The van der Waals surface area contributed by atoms with E-state index in [-0.39, 0.29) is 6.54 Å². The Kier molecular flexibility index (Phi) is 12.9. The maximum atomic E-state index is 10.8. The van der Waals surface area contributed by atoms with E-state index in [0.717, 1.165) is 35.5 Å². The van der Waals surface area contributed by atoms with Crippen LogP contribution in [0.15, 0.2) is 48.9 Å². The first-order valence-corrected chi connectivity index (χ1v) is 11.0. The predicted octanol–water partition coefficient (Wildman–Crippen LogP) is 3.88. The van der Waals surface area contributed by atoms with E-state index in [2.05, 4.69) is 32.2 Å². The highest BCUT2D eigenvalue weighted by Gasteiger charge is 2.09. The van der Waals surface area contributed by atoms with Gasteiger partial charge < -0.3 is 16.2 Å². The number of benzene rings is 1. The van der Waals surface area contributed by atoms with Gasteiger partial charge in [0.2, 0.25) is 5.95 Å². The summed E-state index contributed by atoms with van der Waals surface area (Å²) < 4.78 is 0. The van der Waals surface area contributed by atoms with Gasteiger partial charge in [-0.1, -0.05) is 32.9 Å². The average molecular weight is 454 g/mol. The minimum Gasteiger partial charge on any atom is -0.480 e. The highest BCUT2D eigenvalue weighted by atomic mass is 16.4. The molecule has 0 aliphatic heterocycles. The number of hydrogen-bond donors (Lipinski definition) is 3. The molecule has 4 N–H and O–H groups in total. The smallest absolute Gasteiger partial charge is 0.317 e. The standard InChI is InChI=1S/C19H20N6O2.C3H9N.C2H6/c1-13-4-3-5-15(8-13)23-19-22-12-21-18(24-19)14-6-7-20-16(9-14)10-25(2)11-17(26)27;1-2-3-4;1-2/h3-9,12H,10-11H2,1-2H3,(H,26,27)(H,21,22,23,24);2-4H2,1H3;1-2H3. The van der Waals surface area contributed by atoms with E-state index in [1.807, 2.05) is 57.2 Å². The van der Waals surface area contributed by atoms with E-state index in [0.29, 0.717) is 18.3 Å². The quantitative estimate of drug-likeness (QED) is 0.465. The zero-order chi connectivity index (χ0) is 24.6. The lowest BCUT2D eigenvalue weighted by molar-refractivity contribution is -0.138. The number of nitrogens with one attached hydrogen (secondary N) is 1. The zero-order valence-corrected chi connectivity index (χ0v) is 20.1. The molecule has 3 aromatic rings. The monoisotopic (exact) mass is 453 g/mol. The predicted molar refractivity (Wildman–Crippen MR) is 132 cm³/mol. The zero-order valence-electron chi connectivity index (χ0n) is 20.1. The van der Waals surface area contributed by atoms with Gasteiger partial charge in [0.25, 0.3) is 0 Å². The minimum atomic E-state index is -0.877. The topological polar surface area (TPSA) is 130 Å². The second-order valence-corrected chi connectivity index (χ2v) is 7.02. The fourth-order valence-electron chi connectivity index (χ4n) is 2.61. The van der Waals surface area contributed by atoms with Gasteiger partial charge in [0.1, 0.15) is 6.33 Å². The molecule has 9 nitrogen and oxygen atoms in total. The maximum absolute atomic E-state index is 10.8. The van der Waals surface area contributed by atoms with E-state index >= 15 is 0 Å². The number of aliphatic carboxylic acids is 1. The molecule has 178 valence electrons. The third kappa shape index (κ3) is 10.6. The maximum Gasteiger partial charge on any atom is 0.317 e. The lowest BCUT2D eigenvalue weighted by atomic mass is 10.2. The number of pyridine rings is 1. The van der Waals surface area contributed by atoms with Crippen LogP contribution >= 0.6 is 0 Å². The summed E-state index contributed by atoms with van der Waals surface area (Å²) in [6, 6.07) is 11.6. The van der Waals surface area contributed by atoms with E-state index in [4.69, 9.17) is 10.8 Å². The van der Waals surface area contributed by atoms with E-state index < -0.39 is 5.97 Å². The van der Waals surface area contributed by atoms with Crippen molar-refractivity contribution < 1.29 is 9.90 Å². The number of aromatic nitrogens is 4. The summed E-state index contributed by atoms with van der Waals surface area (Å²) in [6.45, 7) is 9.26. The number of anilines is 2. The number of likely N-dealkylation sites (N-methyl/N-ethyl adjacent to an activating group) is 1. The molecular formula is C24H35N7O2. The second kappa shape index (κ2) is 15.4. The highest BCUT2D eigenvalue weighted by molar-refractivity contribution is 5.69. The summed E-state index contributed by atoms with van der Waals surface area (Å²) in [5.41, 5.74) is 8.60. The summed E-state index contributed by atoms with van der Waals surface area (Å²) in [6.07, 6.45) is 4.22. The molecule has 0 unspecified atom stereocenters. The van der Waals surface area contributed by atoms with Crippen LogP contribution in [0.4, 0.5) is 11.6 Å². The van der Waals surface area contributed by atoms with Crippen LogP contribution in [0.1, 0.15) is 38.4 Å². The van der Waals surface area contributed by atoms with Crippen molar-refractivity contribution in [2.75, 3.05) is 25.5 Å². The normalized spacial score (nSPS) is 9.91. The molecule has 2 heterocycles. The van der Waals surface area contributed by atoms with Crippen molar-refractivity contribution >= 4 is 17.6 Å². The number of nitrogens with zero attached hydrogens (tertiary/aromatic N) is 5. The average Bonchev–Trinajstić information content (AvgIpc) is 2.80. The Labute approximate surface area is 196 Å². The van der Waals surface area contributed by atoms with E-state index in [1.54, 1.807) is 18.1 Å². The Hall–Kier alpha value is -3.43. The number of carboxylic acid groups (broad SMARTS) is 1. The van der Waals surface area contributed by atoms with Crippen LogP contribution in [0.3, 0.4) is 0 Å². The fourth-order valence-corrected chi connectivity index (χ4v) is 2.61. The third-order valence-electron chi connectivity index (χ3n) is 4.05. The van der Waals surface area contributed by atoms with Crippen LogP contribution in [0.5, 0.6) is 0 Å². The molecule has 9 heteroatoms. The number of carbonyl (C=O) groups is 1. The van der Waals surface area contributed by atoms with Crippen molar-refractivity contribution in [1.82, 2.24) is 24.8 Å². The first kappa shape index (κ1) is 27.6. The van der Waals surface area contributed by atoms with E-state index in [9.17, 15) is 4.79 Å². The van der Waals surface area contributed by atoms with Crippen LogP contribution in [-0.2, 0) is 11.3 Å². The van der Waals surface area contributed by atoms with Crippen LogP contribution in [-0.4, -0.2) is 56.0 Å². The van der Waals surface area contributed by atoms with Crippen LogP contribution < -0.4 is 11.1 Å². The van der Waals surface area contributed by atoms with Gasteiger partial charge in [-0.2, -0.15) is 4.98 Å². The molecule has 0 fully saturated rings. The number of carboxylic acids is 1. The molecular weight excluding hydrogens is 418 g/mol. The molecule has 0 bridgehead atoms. The van der Waals surface area contributed by atoms with Gasteiger partial charge in [-0.15, -0.1) is 0 Å². The number of hydrogen-bond acceptors (Lipinski definition) is 8. The number of rotatable bonds is 8. The second-order valence-electron chi connectivity index (χ2n) is 7.02. The summed E-state index contributed by atoms with van der Waals surface area (Å²) >= 11 is 0. The lowest BCUT2D eigenvalue weighted by Crippen LogP contribution is -2.25. The van der Waals surface area contributed by atoms with Crippen LogP contribution in [0, 0.1) is 6.92 Å². The first-order valence-electron chi connectivity index (χ1n) is 11.0. The third-order valence-corrected chi connectivity index (χ3v) is 4.05. The number of aryl methyl sites for hydroxylation is 1. The summed E-state index contributed by atoms with van der Waals surface area (Å²) in [7, 11) is 1.73. The van der Waals surface area contributed by atoms with Gasteiger partial charge in [-0.05, 0) is 56.8 Å². The largest absolute Gasteiger partial charge is 0.480 e. The van der Waals surface area contributed by atoms with Crippen molar-refractivity contribution in [3.05, 3.63) is 60.2 Å². The van der Waals surface area contributed by atoms with Crippen molar-refractivity contribution in [1.29, 1.82) is 0 Å². The van der Waals surface area contributed by atoms with Gasteiger partial charge in [0.15, 0.2) is 5.82 Å². The van der Waals surface area contributed by atoms with Gasteiger partial charge in [-0.25, -0.2) is 9.97 Å². The van der Waals surface area contributed by atoms with Crippen LogP contribution in [0.25, 0.3) is 11.4 Å². The Bertz CT molecular complexity index is 980. The molecule has 0 radical (unpaired) electrons. The SMILES string of the molecule is CC.CCCN.Cc1cccc(Nc2ncnc(-c3ccnc(CN(C)CC(=O)O)c3)n2)c1. The Morgan fingerprint density at radius 2 is 1.88 bits per heavy atom. The molecule has 0 aliphatic rings. The van der Waals surface area contributed by atoms with Crippen molar-refractivity contribution in [2.45, 2.75) is 40.7 Å². The Balaban J connectivity index is 0.000000820. The molecule has 2 aromatic heterocycles. The molecule has 0 saturated heterocycles. The van der Waals surface area contributed by atoms with Gasteiger partial charge in [0, 0.05) is 24.0 Å². The summed E-state index contributed by atoms with van der Waals surface area (Å²) in [5, 5.41) is 12.0. The molecule has 0 spiro atoms. The van der Waals surface area contributed by atoms with Gasteiger partial charge in [0.05, 0.1) is 12.2 Å². The Morgan fingerprint density at radius 3 is 2.52 bits per heavy atom. The Morgan fingerprint density at radius 1 is 1.15 bits per heavy atom. The molecule has 33 heavy (non-hydrogen) atoms. The van der Waals surface area contributed by atoms with Crippen molar-refractivity contribution in [3.8, 4) is 11.4 Å². The van der Waals surface area contributed by atoms with Crippen molar-refractivity contribution in [3.63, 3.8) is 0 Å². The molecule has 1 aromatic carbocycles. The molecule has 3 rings (SSSR count). The highest BCUT2D eigenvalue weighted by Crippen LogP contribution is 2.19. The van der Waals surface area contributed by atoms with E-state index in [1.165, 1.54) is 6.33 Å².